The molecule has 0 saturated carbocycles. The predicted octanol–water partition coefficient (Wildman–Crippen LogP) is 2.39. The Balaban J connectivity index is 2.26. The zero-order valence-electron chi connectivity index (χ0n) is 11.2. The first kappa shape index (κ1) is 12.9. The van der Waals surface area contributed by atoms with E-state index in [-0.39, 0.29) is 17.2 Å². The van der Waals surface area contributed by atoms with Gasteiger partial charge in [-0.15, -0.1) is 5.10 Å². The van der Waals surface area contributed by atoms with Gasteiger partial charge in [0.1, 0.15) is 0 Å². The first-order chi connectivity index (χ1) is 7.86. The van der Waals surface area contributed by atoms with E-state index < -0.39 is 0 Å². The summed E-state index contributed by atoms with van der Waals surface area (Å²) in [7, 11) is 1.98. The van der Waals surface area contributed by atoms with Crippen molar-refractivity contribution in [3.63, 3.8) is 0 Å². The van der Waals surface area contributed by atoms with Crippen molar-refractivity contribution in [1.82, 2.24) is 14.9 Å². The fourth-order valence-corrected chi connectivity index (χ4v) is 3.48. The molecular formula is C12H21N3OS. The van der Waals surface area contributed by atoms with Gasteiger partial charge in [0.25, 0.3) is 0 Å². The predicted molar refractivity (Wildman–Crippen MR) is 69.1 cm³/mol. The lowest BCUT2D eigenvalue weighted by atomic mass is 9.80. The van der Waals surface area contributed by atoms with Gasteiger partial charge in [-0.1, -0.05) is 4.49 Å². The minimum Gasteiger partial charge on any atom is -0.369 e. The van der Waals surface area contributed by atoms with Crippen LogP contribution in [0.4, 0.5) is 0 Å². The summed E-state index contributed by atoms with van der Waals surface area (Å²) < 4.78 is 10.1. The summed E-state index contributed by atoms with van der Waals surface area (Å²) in [6.07, 6.45) is 1.03. The Labute approximate surface area is 107 Å². The highest BCUT2D eigenvalue weighted by Crippen LogP contribution is 2.47. The lowest BCUT2D eigenvalue weighted by Gasteiger charge is -2.31. The molecule has 2 heterocycles. The molecule has 1 fully saturated rings. The molecule has 1 aromatic rings. The van der Waals surface area contributed by atoms with Crippen molar-refractivity contribution in [2.45, 2.75) is 51.4 Å². The monoisotopic (exact) mass is 255 g/mol. The van der Waals surface area contributed by atoms with Gasteiger partial charge in [0.05, 0.1) is 22.9 Å². The SMILES string of the molecule is CNC(c1csnn1)C1CC(C)(C)OC1(C)C. The number of nitrogens with one attached hydrogen (secondary N) is 1. The van der Waals surface area contributed by atoms with Crippen molar-refractivity contribution in [3.8, 4) is 0 Å². The fraction of sp³-hybridized carbons (Fsp3) is 0.833. The van der Waals surface area contributed by atoms with E-state index in [2.05, 4.69) is 42.6 Å². The molecule has 0 bridgehead atoms. The van der Waals surface area contributed by atoms with E-state index in [0.717, 1.165) is 12.1 Å². The Morgan fingerprint density at radius 1 is 1.47 bits per heavy atom. The van der Waals surface area contributed by atoms with Crippen LogP contribution in [-0.2, 0) is 4.74 Å². The quantitative estimate of drug-likeness (QED) is 0.901. The van der Waals surface area contributed by atoms with E-state index >= 15 is 0 Å². The highest BCUT2D eigenvalue weighted by molar-refractivity contribution is 7.03. The minimum atomic E-state index is -0.138. The third-order valence-electron chi connectivity index (χ3n) is 3.55. The largest absolute Gasteiger partial charge is 0.369 e. The van der Waals surface area contributed by atoms with Crippen LogP contribution < -0.4 is 5.32 Å². The van der Waals surface area contributed by atoms with E-state index in [1.807, 2.05) is 12.4 Å². The molecule has 1 aromatic heterocycles. The van der Waals surface area contributed by atoms with Gasteiger partial charge in [0, 0.05) is 11.3 Å². The molecule has 1 N–H and O–H groups in total. The van der Waals surface area contributed by atoms with Gasteiger partial charge < -0.3 is 10.1 Å². The molecule has 2 rings (SSSR count). The first-order valence-electron chi connectivity index (χ1n) is 6.00. The molecule has 4 nitrogen and oxygen atoms in total. The van der Waals surface area contributed by atoms with E-state index in [0.29, 0.717) is 5.92 Å². The lowest BCUT2D eigenvalue weighted by Crippen LogP contribution is -2.37. The molecule has 1 saturated heterocycles. The van der Waals surface area contributed by atoms with E-state index in [1.54, 1.807) is 0 Å². The van der Waals surface area contributed by atoms with Crippen LogP contribution in [-0.4, -0.2) is 27.8 Å². The summed E-state index contributed by atoms with van der Waals surface area (Å²) in [5, 5.41) is 9.58. The van der Waals surface area contributed by atoms with Gasteiger partial charge in [-0.05, 0) is 52.7 Å². The van der Waals surface area contributed by atoms with Crippen LogP contribution in [0.2, 0.25) is 0 Å². The Bertz CT molecular complexity index is 375. The molecule has 0 radical (unpaired) electrons. The van der Waals surface area contributed by atoms with Crippen LogP contribution in [0.5, 0.6) is 0 Å². The molecule has 17 heavy (non-hydrogen) atoms. The minimum absolute atomic E-state index is 0.0628. The second kappa shape index (κ2) is 4.30. The molecule has 0 aromatic carbocycles. The van der Waals surface area contributed by atoms with Crippen molar-refractivity contribution in [2.24, 2.45) is 5.92 Å². The Morgan fingerprint density at radius 3 is 2.59 bits per heavy atom. The van der Waals surface area contributed by atoms with Crippen LogP contribution in [0.25, 0.3) is 0 Å². The Kier molecular flexibility index (Phi) is 3.27. The number of rotatable bonds is 3. The first-order valence-corrected chi connectivity index (χ1v) is 6.84. The molecule has 2 atom stereocenters. The van der Waals surface area contributed by atoms with Gasteiger partial charge in [0.15, 0.2) is 0 Å². The van der Waals surface area contributed by atoms with Crippen LogP contribution in [0, 0.1) is 5.92 Å². The second-order valence-electron chi connectivity index (χ2n) is 5.87. The highest BCUT2D eigenvalue weighted by Gasteiger charge is 2.49. The van der Waals surface area contributed by atoms with Crippen LogP contribution in [0.1, 0.15) is 45.9 Å². The summed E-state index contributed by atoms with van der Waals surface area (Å²) in [5.41, 5.74) is 0.824. The normalized spacial score (nSPS) is 28.2. The van der Waals surface area contributed by atoms with Gasteiger partial charge in [-0.3, -0.25) is 0 Å². The summed E-state index contributed by atoms with van der Waals surface area (Å²) in [6.45, 7) is 8.63. The molecule has 5 heteroatoms. The zero-order valence-corrected chi connectivity index (χ0v) is 12.0. The zero-order chi connectivity index (χ0) is 12.7. The number of hydrogen-bond acceptors (Lipinski definition) is 5. The van der Waals surface area contributed by atoms with Gasteiger partial charge in [-0.2, -0.15) is 0 Å². The summed E-state index contributed by atoms with van der Waals surface area (Å²) in [4.78, 5) is 0. The third-order valence-corrected chi connectivity index (χ3v) is 4.08. The maximum atomic E-state index is 6.14. The summed E-state index contributed by atoms with van der Waals surface area (Å²) in [5.74, 6) is 0.409. The number of nitrogens with zero attached hydrogens (tertiary/aromatic N) is 2. The molecule has 2 unspecified atom stereocenters. The summed E-state index contributed by atoms with van der Waals surface area (Å²) in [6, 6.07) is 0.213. The van der Waals surface area contributed by atoms with Crippen LogP contribution >= 0.6 is 11.5 Å². The lowest BCUT2D eigenvalue weighted by molar-refractivity contribution is -0.0778. The van der Waals surface area contributed by atoms with E-state index in [4.69, 9.17) is 4.74 Å². The van der Waals surface area contributed by atoms with Crippen molar-refractivity contribution in [1.29, 1.82) is 0 Å². The number of aromatic nitrogens is 2. The van der Waals surface area contributed by atoms with E-state index in [1.165, 1.54) is 11.5 Å². The van der Waals surface area contributed by atoms with E-state index in [9.17, 15) is 0 Å². The maximum Gasteiger partial charge on any atom is 0.0928 e. The molecule has 1 aliphatic heterocycles. The van der Waals surface area contributed by atoms with Crippen LogP contribution in [0.3, 0.4) is 0 Å². The van der Waals surface area contributed by atoms with Crippen LogP contribution in [0.15, 0.2) is 5.38 Å². The second-order valence-corrected chi connectivity index (χ2v) is 6.48. The topological polar surface area (TPSA) is 47.0 Å². The smallest absolute Gasteiger partial charge is 0.0928 e. The van der Waals surface area contributed by atoms with Crippen molar-refractivity contribution < 1.29 is 4.74 Å². The number of ether oxygens (including phenoxy) is 1. The highest BCUT2D eigenvalue weighted by atomic mass is 32.1. The Hall–Kier alpha value is -0.520. The molecular weight excluding hydrogens is 234 g/mol. The van der Waals surface area contributed by atoms with Gasteiger partial charge >= 0.3 is 0 Å². The standard InChI is InChI=1S/C12H21N3OS/c1-11(2)6-8(12(3,4)16-11)10(13-5)9-7-17-15-14-9/h7-8,10,13H,6H2,1-5H3. The fourth-order valence-electron chi connectivity index (χ4n) is 2.99. The van der Waals surface area contributed by atoms with Gasteiger partial charge in [-0.25, -0.2) is 0 Å². The number of hydrogen-bond donors (Lipinski definition) is 1. The average Bonchev–Trinajstić information content (AvgIpc) is 2.74. The molecule has 0 aliphatic carbocycles. The summed E-state index contributed by atoms with van der Waals surface area (Å²) >= 11 is 1.40. The van der Waals surface area contributed by atoms with Crippen molar-refractivity contribution >= 4 is 11.5 Å². The third kappa shape index (κ3) is 2.51. The van der Waals surface area contributed by atoms with Crippen molar-refractivity contribution in [3.05, 3.63) is 11.1 Å². The molecule has 1 aliphatic rings. The van der Waals surface area contributed by atoms with Crippen molar-refractivity contribution in [2.75, 3.05) is 7.05 Å². The average molecular weight is 255 g/mol. The molecule has 96 valence electrons. The van der Waals surface area contributed by atoms with Gasteiger partial charge in [0.2, 0.25) is 0 Å². The maximum absolute atomic E-state index is 6.14. The Morgan fingerprint density at radius 2 is 2.18 bits per heavy atom. The molecule has 0 amide bonds. The molecule has 0 spiro atoms.